The van der Waals surface area contributed by atoms with Crippen LogP contribution in [0.3, 0.4) is 0 Å². The van der Waals surface area contributed by atoms with E-state index >= 15 is 0 Å². The Morgan fingerprint density at radius 2 is 1.96 bits per heavy atom. The molecular weight excluding hydrogens is 333 g/mol. The van der Waals surface area contributed by atoms with Gasteiger partial charge in [0.15, 0.2) is 11.5 Å². The number of fused-ring (bicyclic) bond motifs is 1. The number of hydrogen-bond donors (Lipinski definition) is 1. The zero-order chi connectivity index (χ0) is 18.3. The van der Waals surface area contributed by atoms with E-state index < -0.39 is 0 Å². The Bertz CT molecular complexity index is 1120. The molecule has 4 rings (SSSR count). The van der Waals surface area contributed by atoms with Gasteiger partial charge in [0.2, 0.25) is 5.88 Å². The second-order valence-electron chi connectivity index (χ2n) is 5.83. The van der Waals surface area contributed by atoms with Gasteiger partial charge in [-0.25, -0.2) is 19.3 Å². The van der Waals surface area contributed by atoms with Crippen molar-refractivity contribution in [3.05, 3.63) is 60.3 Å². The van der Waals surface area contributed by atoms with E-state index in [0.29, 0.717) is 28.5 Å². The molecule has 0 saturated heterocycles. The Balaban J connectivity index is 2.12. The third-order valence-electron chi connectivity index (χ3n) is 4.11. The summed E-state index contributed by atoms with van der Waals surface area (Å²) in [5.41, 5.74) is 9.58. The molecule has 0 bridgehead atoms. The van der Waals surface area contributed by atoms with Gasteiger partial charge in [0, 0.05) is 35.3 Å². The summed E-state index contributed by atoms with van der Waals surface area (Å²) in [5, 5.41) is 0. The van der Waals surface area contributed by atoms with Gasteiger partial charge in [0.1, 0.15) is 11.5 Å². The molecule has 0 saturated carbocycles. The number of methoxy groups -OCH3 is 1. The van der Waals surface area contributed by atoms with Crippen LogP contribution in [0.1, 0.15) is 5.69 Å². The molecule has 7 heteroatoms. The summed E-state index contributed by atoms with van der Waals surface area (Å²) in [5.74, 6) is 0.317. The van der Waals surface area contributed by atoms with Crippen LogP contribution in [-0.2, 0) is 0 Å². The van der Waals surface area contributed by atoms with E-state index in [4.69, 9.17) is 10.5 Å². The molecule has 0 amide bonds. The number of ether oxygens (including phenoxy) is 1. The summed E-state index contributed by atoms with van der Waals surface area (Å²) in [4.78, 5) is 13.0. The Morgan fingerprint density at radius 3 is 2.73 bits per heavy atom. The van der Waals surface area contributed by atoms with Crippen LogP contribution in [0.15, 0.2) is 48.8 Å². The lowest BCUT2D eigenvalue weighted by molar-refractivity contribution is 0.397. The molecule has 6 nitrogen and oxygen atoms in total. The van der Waals surface area contributed by atoms with Gasteiger partial charge in [-0.15, -0.1) is 0 Å². The number of pyridine rings is 1. The first-order valence-electron chi connectivity index (χ1n) is 7.99. The van der Waals surface area contributed by atoms with Crippen molar-refractivity contribution >= 4 is 11.5 Å². The first-order chi connectivity index (χ1) is 12.6. The Morgan fingerprint density at radius 1 is 1.15 bits per heavy atom. The number of anilines is 1. The highest BCUT2D eigenvalue weighted by Gasteiger charge is 2.20. The van der Waals surface area contributed by atoms with Crippen molar-refractivity contribution in [3.63, 3.8) is 0 Å². The lowest BCUT2D eigenvalue weighted by Crippen LogP contribution is -2.05. The molecule has 0 aliphatic heterocycles. The summed E-state index contributed by atoms with van der Waals surface area (Å²) in [6.45, 7) is 1.87. The van der Waals surface area contributed by atoms with Crippen LogP contribution in [-0.4, -0.2) is 26.5 Å². The van der Waals surface area contributed by atoms with E-state index in [1.54, 1.807) is 48.2 Å². The number of aryl methyl sites for hydroxylation is 1. The number of nitrogens with two attached hydrogens (primary N) is 1. The summed E-state index contributed by atoms with van der Waals surface area (Å²) < 4.78 is 21.6. The molecule has 3 aromatic heterocycles. The predicted octanol–water partition coefficient (Wildman–Crippen LogP) is 3.50. The summed E-state index contributed by atoms with van der Waals surface area (Å²) in [6, 6.07) is 10.1. The normalized spacial score (nSPS) is 11.0. The van der Waals surface area contributed by atoms with Gasteiger partial charge in [-0.05, 0) is 25.1 Å². The molecule has 2 N–H and O–H groups in total. The van der Waals surface area contributed by atoms with E-state index in [1.807, 2.05) is 13.0 Å². The highest BCUT2D eigenvalue weighted by molar-refractivity contribution is 5.83. The maximum absolute atomic E-state index is 14.5. The fraction of sp³-hybridized carbons (Fsp3) is 0.105. The van der Waals surface area contributed by atoms with E-state index in [0.717, 1.165) is 11.3 Å². The van der Waals surface area contributed by atoms with E-state index in [9.17, 15) is 4.39 Å². The standard InChI is InChI=1S/C19H16FN5O/c1-11-9-12(10-15(23-11)26-2)17-16(13-5-3-4-6-14(13)20)24-18(21)19-22-7-8-25(17)19/h3-10H,1-2H3,(H2,21,24). The molecule has 0 radical (unpaired) electrons. The molecule has 130 valence electrons. The molecule has 1 aromatic carbocycles. The molecule has 3 heterocycles. The Labute approximate surface area is 149 Å². The minimum atomic E-state index is -0.377. The van der Waals surface area contributed by atoms with Crippen LogP contribution in [0.25, 0.3) is 28.2 Å². The van der Waals surface area contributed by atoms with Crippen LogP contribution >= 0.6 is 0 Å². The van der Waals surface area contributed by atoms with Crippen molar-refractivity contribution in [3.8, 4) is 28.4 Å². The van der Waals surface area contributed by atoms with Gasteiger partial charge in [-0.1, -0.05) is 12.1 Å². The van der Waals surface area contributed by atoms with Crippen molar-refractivity contribution in [2.24, 2.45) is 0 Å². The minimum absolute atomic E-state index is 0.231. The summed E-state index contributed by atoms with van der Waals surface area (Å²) in [7, 11) is 1.55. The third kappa shape index (κ3) is 2.54. The average Bonchev–Trinajstić information content (AvgIpc) is 3.11. The fourth-order valence-corrected chi connectivity index (χ4v) is 3.01. The van der Waals surface area contributed by atoms with Crippen LogP contribution in [0, 0.1) is 12.7 Å². The van der Waals surface area contributed by atoms with E-state index in [-0.39, 0.29) is 11.6 Å². The van der Waals surface area contributed by atoms with Crippen molar-refractivity contribution < 1.29 is 9.13 Å². The van der Waals surface area contributed by atoms with Crippen molar-refractivity contribution in [1.82, 2.24) is 19.4 Å². The first kappa shape index (κ1) is 16.0. The van der Waals surface area contributed by atoms with Gasteiger partial charge < -0.3 is 10.5 Å². The predicted molar refractivity (Wildman–Crippen MR) is 97.3 cm³/mol. The van der Waals surface area contributed by atoms with Gasteiger partial charge in [-0.2, -0.15) is 0 Å². The van der Waals surface area contributed by atoms with Crippen LogP contribution < -0.4 is 10.5 Å². The zero-order valence-corrected chi connectivity index (χ0v) is 14.3. The molecule has 0 unspecified atom stereocenters. The number of aromatic nitrogens is 4. The number of halogens is 1. The topological polar surface area (TPSA) is 78.3 Å². The maximum Gasteiger partial charge on any atom is 0.213 e. The highest BCUT2D eigenvalue weighted by atomic mass is 19.1. The first-order valence-corrected chi connectivity index (χ1v) is 7.99. The average molecular weight is 349 g/mol. The zero-order valence-electron chi connectivity index (χ0n) is 14.3. The highest BCUT2D eigenvalue weighted by Crippen LogP contribution is 2.35. The van der Waals surface area contributed by atoms with Crippen LogP contribution in [0.4, 0.5) is 10.2 Å². The van der Waals surface area contributed by atoms with Gasteiger partial charge in [-0.3, -0.25) is 4.40 Å². The number of hydrogen-bond acceptors (Lipinski definition) is 5. The smallest absolute Gasteiger partial charge is 0.213 e. The Hall–Kier alpha value is -3.48. The van der Waals surface area contributed by atoms with Crippen molar-refractivity contribution in [2.75, 3.05) is 12.8 Å². The van der Waals surface area contributed by atoms with Gasteiger partial charge >= 0.3 is 0 Å². The van der Waals surface area contributed by atoms with Crippen LogP contribution in [0.5, 0.6) is 5.88 Å². The molecule has 26 heavy (non-hydrogen) atoms. The van der Waals surface area contributed by atoms with E-state index in [2.05, 4.69) is 15.0 Å². The molecular formula is C19H16FN5O. The van der Waals surface area contributed by atoms with E-state index in [1.165, 1.54) is 6.07 Å². The van der Waals surface area contributed by atoms with Gasteiger partial charge in [0.05, 0.1) is 12.8 Å². The second-order valence-corrected chi connectivity index (χ2v) is 5.83. The lowest BCUT2D eigenvalue weighted by atomic mass is 10.0. The molecule has 0 aliphatic rings. The maximum atomic E-state index is 14.5. The number of imidazole rings is 1. The molecule has 0 atom stereocenters. The molecule has 0 fully saturated rings. The quantitative estimate of drug-likeness (QED) is 0.612. The lowest BCUT2D eigenvalue weighted by Gasteiger charge is -2.15. The minimum Gasteiger partial charge on any atom is -0.481 e. The number of rotatable bonds is 3. The SMILES string of the molecule is COc1cc(-c2c(-c3ccccc3F)nc(N)c3nccn23)cc(C)n1. The molecule has 4 aromatic rings. The van der Waals surface area contributed by atoms with Crippen molar-refractivity contribution in [1.29, 1.82) is 0 Å². The Kier molecular flexibility index (Phi) is 3.76. The number of benzene rings is 1. The third-order valence-corrected chi connectivity index (χ3v) is 4.11. The van der Waals surface area contributed by atoms with Crippen molar-refractivity contribution in [2.45, 2.75) is 6.92 Å². The molecule has 0 aliphatic carbocycles. The van der Waals surface area contributed by atoms with Crippen LogP contribution in [0.2, 0.25) is 0 Å². The fourth-order valence-electron chi connectivity index (χ4n) is 3.01. The second kappa shape index (κ2) is 6.11. The number of nitrogens with zero attached hydrogens (tertiary/aromatic N) is 4. The largest absolute Gasteiger partial charge is 0.481 e. The van der Waals surface area contributed by atoms with Gasteiger partial charge in [0.25, 0.3) is 0 Å². The monoisotopic (exact) mass is 349 g/mol. The number of nitrogen functional groups attached to an aromatic ring is 1. The summed E-state index contributed by atoms with van der Waals surface area (Å²) in [6.07, 6.45) is 3.41. The summed E-state index contributed by atoms with van der Waals surface area (Å²) >= 11 is 0. The molecule has 0 spiro atoms.